The molecule has 0 aliphatic rings. The van der Waals surface area contributed by atoms with Gasteiger partial charge in [0.05, 0.1) is 0 Å². The van der Waals surface area contributed by atoms with Gasteiger partial charge in [0.2, 0.25) is 0 Å². The highest BCUT2D eigenvalue weighted by molar-refractivity contribution is 6.19. The molecule has 0 saturated carbocycles. The third-order valence-corrected chi connectivity index (χ3v) is 2.62. The molecule has 0 rings (SSSR count). The molecule has 0 fully saturated rings. The molecule has 2 unspecified atom stereocenters. The van der Waals surface area contributed by atoms with Gasteiger partial charge in [0, 0.05) is 6.61 Å². The van der Waals surface area contributed by atoms with Crippen molar-refractivity contribution in [2.75, 3.05) is 6.61 Å². The predicted molar refractivity (Wildman–Crippen MR) is 54.5 cm³/mol. The number of alkyl halides is 1. The number of halogens is 1. The van der Waals surface area contributed by atoms with Crippen LogP contribution in [0.1, 0.15) is 40.5 Å². The number of hydrogen-bond donors (Lipinski definition) is 0. The Morgan fingerprint density at radius 2 is 1.83 bits per heavy atom. The third-order valence-electron chi connectivity index (χ3n) is 2.06. The minimum Gasteiger partial charge on any atom is -0.362 e. The summed E-state index contributed by atoms with van der Waals surface area (Å²) in [6.45, 7) is 9.42. The molecule has 0 heterocycles. The largest absolute Gasteiger partial charge is 0.362 e. The van der Waals surface area contributed by atoms with Crippen LogP contribution in [0.15, 0.2) is 0 Å². The highest BCUT2D eigenvalue weighted by Gasteiger charge is 2.12. The molecule has 2 heteroatoms. The van der Waals surface area contributed by atoms with Gasteiger partial charge in [-0.25, -0.2) is 0 Å². The van der Waals surface area contributed by atoms with E-state index in [1.165, 1.54) is 0 Å². The molecule has 0 saturated heterocycles. The second kappa shape index (κ2) is 6.73. The molecule has 0 bridgehead atoms. The fraction of sp³-hybridized carbons (Fsp3) is 1.00. The number of ether oxygens (including phenoxy) is 1. The summed E-state index contributed by atoms with van der Waals surface area (Å²) in [7, 11) is 0. The van der Waals surface area contributed by atoms with E-state index in [9.17, 15) is 0 Å². The summed E-state index contributed by atoms with van der Waals surface area (Å²) in [4.78, 5) is 0. The maximum Gasteiger partial charge on any atom is 0.133 e. The Morgan fingerprint density at radius 1 is 1.25 bits per heavy atom. The Balaban J connectivity index is 3.37. The Labute approximate surface area is 81.4 Å². The van der Waals surface area contributed by atoms with Crippen LogP contribution >= 0.6 is 11.6 Å². The molecular weight excluding hydrogens is 172 g/mol. The maximum atomic E-state index is 5.99. The molecular formula is C10H21ClO. The molecule has 0 aliphatic heterocycles. The van der Waals surface area contributed by atoms with Gasteiger partial charge in [-0.05, 0) is 24.7 Å². The van der Waals surface area contributed by atoms with Crippen LogP contribution in [0.4, 0.5) is 0 Å². The van der Waals surface area contributed by atoms with Gasteiger partial charge in [-0.2, -0.15) is 0 Å². The van der Waals surface area contributed by atoms with Crippen molar-refractivity contribution in [1.82, 2.24) is 0 Å². The lowest BCUT2D eigenvalue weighted by atomic mass is 10.1. The first-order valence-corrected chi connectivity index (χ1v) is 5.27. The first kappa shape index (κ1) is 12.2. The van der Waals surface area contributed by atoms with Gasteiger partial charge in [-0.1, -0.05) is 39.3 Å². The molecule has 0 aliphatic carbocycles. The van der Waals surface area contributed by atoms with Crippen LogP contribution in [0, 0.1) is 11.8 Å². The van der Waals surface area contributed by atoms with Crippen molar-refractivity contribution in [3.8, 4) is 0 Å². The third kappa shape index (κ3) is 5.84. The smallest absolute Gasteiger partial charge is 0.133 e. The summed E-state index contributed by atoms with van der Waals surface area (Å²) in [5.41, 5.74) is -0.103. The SMILES string of the molecule is CCC(C)C(Cl)OCCC(C)C. The van der Waals surface area contributed by atoms with Crippen LogP contribution in [0.5, 0.6) is 0 Å². The van der Waals surface area contributed by atoms with Gasteiger partial charge >= 0.3 is 0 Å². The zero-order valence-corrected chi connectivity index (χ0v) is 9.40. The fourth-order valence-electron chi connectivity index (χ4n) is 0.766. The molecule has 0 N–H and O–H groups in total. The second-order valence-corrected chi connectivity index (χ2v) is 4.22. The van der Waals surface area contributed by atoms with Gasteiger partial charge in [0.15, 0.2) is 0 Å². The quantitative estimate of drug-likeness (QED) is 0.584. The van der Waals surface area contributed by atoms with Crippen LogP contribution in [0.3, 0.4) is 0 Å². The minimum absolute atomic E-state index is 0.103. The predicted octanol–water partition coefficient (Wildman–Crippen LogP) is 3.66. The lowest BCUT2D eigenvalue weighted by Gasteiger charge is -2.17. The number of rotatable bonds is 6. The number of hydrogen-bond acceptors (Lipinski definition) is 1. The summed E-state index contributed by atoms with van der Waals surface area (Å²) in [6, 6.07) is 0. The Morgan fingerprint density at radius 3 is 2.25 bits per heavy atom. The van der Waals surface area contributed by atoms with E-state index in [1.54, 1.807) is 0 Å². The minimum atomic E-state index is -0.103. The van der Waals surface area contributed by atoms with E-state index in [0.29, 0.717) is 11.8 Å². The van der Waals surface area contributed by atoms with Crippen molar-refractivity contribution in [2.45, 2.75) is 46.1 Å². The van der Waals surface area contributed by atoms with Crippen LogP contribution in [-0.2, 0) is 4.74 Å². The lowest BCUT2D eigenvalue weighted by Crippen LogP contribution is -2.16. The van der Waals surface area contributed by atoms with E-state index in [-0.39, 0.29) is 5.56 Å². The van der Waals surface area contributed by atoms with E-state index in [0.717, 1.165) is 19.4 Å². The van der Waals surface area contributed by atoms with Crippen molar-refractivity contribution in [3.05, 3.63) is 0 Å². The molecule has 12 heavy (non-hydrogen) atoms. The Kier molecular flexibility index (Phi) is 6.87. The van der Waals surface area contributed by atoms with E-state index in [2.05, 4.69) is 27.7 Å². The van der Waals surface area contributed by atoms with E-state index >= 15 is 0 Å². The molecule has 0 aromatic carbocycles. The summed E-state index contributed by atoms with van der Waals surface area (Å²) >= 11 is 5.99. The highest BCUT2D eigenvalue weighted by atomic mass is 35.5. The molecule has 0 aromatic rings. The summed E-state index contributed by atoms with van der Waals surface area (Å²) in [5.74, 6) is 1.16. The Hall–Kier alpha value is 0.250. The molecule has 0 spiro atoms. The average Bonchev–Trinajstić information content (AvgIpc) is 2.02. The average molecular weight is 193 g/mol. The van der Waals surface area contributed by atoms with Gasteiger partial charge in [0.1, 0.15) is 5.56 Å². The highest BCUT2D eigenvalue weighted by Crippen LogP contribution is 2.15. The van der Waals surface area contributed by atoms with E-state index in [1.807, 2.05) is 0 Å². The van der Waals surface area contributed by atoms with Gasteiger partial charge in [-0.3, -0.25) is 0 Å². The molecule has 74 valence electrons. The zero-order chi connectivity index (χ0) is 9.56. The van der Waals surface area contributed by atoms with Crippen molar-refractivity contribution in [2.24, 2.45) is 11.8 Å². The fourth-order valence-corrected chi connectivity index (χ4v) is 1.03. The zero-order valence-electron chi connectivity index (χ0n) is 8.64. The normalized spacial score (nSPS) is 16.5. The monoisotopic (exact) mass is 192 g/mol. The molecule has 0 aromatic heterocycles. The van der Waals surface area contributed by atoms with Gasteiger partial charge in [0.25, 0.3) is 0 Å². The summed E-state index contributed by atoms with van der Waals surface area (Å²) in [5, 5.41) is 0. The lowest BCUT2D eigenvalue weighted by molar-refractivity contribution is 0.0648. The standard InChI is InChI=1S/C10H21ClO/c1-5-9(4)10(11)12-7-6-8(2)3/h8-10H,5-7H2,1-4H3. The van der Waals surface area contributed by atoms with Gasteiger partial charge in [-0.15, -0.1) is 0 Å². The summed E-state index contributed by atoms with van der Waals surface area (Å²) < 4.78 is 5.47. The van der Waals surface area contributed by atoms with E-state index in [4.69, 9.17) is 16.3 Å². The summed E-state index contributed by atoms with van der Waals surface area (Å²) in [6.07, 6.45) is 2.18. The topological polar surface area (TPSA) is 9.23 Å². The second-order valence-electron chi connectivity index (χ2n) is 3.79. The first-order valence-electron chi connectivity index (χ1n) is 4.83. The van der Waals surface area contributed by atoms with Crippen LogP contribution in [0.2, 0.25) is 0 Å². The van der Waals surface area contributed by atoms with E-state index < -0.39 is 0 Å². The first-order chi connectivity index (χ1) is 5.57. The van der Waals surface area contributed by atoms with Crippen molar-refractivity contribution >= 4 is 11.6 Å². The van der Waals surface area contributed by atoms with Crippen molar-refractivity contribution < 1.29 is 4.74 Å². The van der Waals surface area contributed by atoms with Crippen molar-refractivity contribution in [3.63, 3.8) is 0 Å². The van der Waals surface area contributed by atoms with Crippen molar-refractivity contribution in [1.29, 1.82) is 0 Å². The molecule has 2 atom stereocenters. The maximum absolute atomic E-state index is 5.99. The Bertz CT molecular complexity index is 104. The molecule has 0 radical (unpaired) electrons. The molecule has 1 nitrogen and oxygen atoms in total. The van der Waals surface area contributed by atoms with Crippen LogP contribution < -0.4 is 0 Å². The molecule has 0 amide bonds. The van der Waals surface area contributed by atoms with Gasteiger partial charge < -0.3 is 4.74 Å². The van der Waals surface area contributed by atoms with Crippen LogP contribution in [-0.4, -0.2) is 12.2 Å². The van der Waals surface area contributed by atoms with Crippen LogP contribution in [0.25, 0.3) is 0 Å².